The minimum atomic E-state index is -0.345. The Morgan fingerprint density at radius 3 is 2.74 bits per heavy atom. The number of nitrogen functional groups attached to an aromatic ring is 1. The Balaban J connectivity index is 2.74. The summed E-state index contributed by atoms with van der Waals surface area (Å²) in [4.78, 5) is 15.6. The zero-order valence-corrected chi connectivity index (χ0v) is 11.9. The number of carbonyl (C=O) groups excluding carboxylic acids is 1. The van der Waals surface area contributed by atoms with Gasteiger partial charge in [0, 0.05) is 11.4 Å². The van der Waals surface area contributed by atoms with Crippen molar-refractivity contribution in [3.05, 3.63) is 41.5 Å². The Hall–Kier alpha value is -2.10. The molecule has 1 unspecified atom stereocenters. The number of benzene rings is 1. The fraction of sp³-hybridized carbons (Fsp3) is 0.333. The summed E-state index contributed by atoms with van der Waals surface area (Å²) in [7, 11) is 0. The normalized spacial score (nSPS) is 13.6. The van der Waals surface area contributed by atoms with Gasteiger partial charge in [-0.1, -0.05) is 18.2 Å². The molecular weight excluding hydrogens is 238 g/mol. The Kier molecular flexibility index (Phi) is 5.30. The quantitative estimate of drug-likeness (QED) is 0.645. The molecule has 0 spiro atoms. The third kappa shape index (κ3) is 4.58. The van der Waals surface area contributed by atoms with Gasteiger partial charge in [0.2, 0.25) is 0 Å². The zero-order valence-electron chi connectivity index (χ0n) is 11.9. The molecule has 0 fully saturated rings. The van der Waals surface area contributed by atoms with E-state index in [2.05, 4.69) is 10.3 Å². The minimum Gasteiger partial charge on any atom is -0.399 e. The topological polar surface area (TPSA) is 67.5 Å². The van der Waals surface area contributed by atoms with E-state index < -0.39 is 0 Å². The molecular formula is C15H21N3O. The van der Waals surface area contributed by atoms with Crippen LogP contribution in [-0.2, 0) is 0 Å². The number of aryl methyl sites for hydroxylation is 1. The van der Waals surface area contributed by atoms with Crippen molar-refractivity contribution in [3.8, 4) is 0 Å². The van der Waals surface area contributed by atoms with Crippen LogP contribution in [0.4, 0.5) is 10.5 Å². The van der Waals surface area contributed by atoms with Crippen LogP contribution in [0.2, 0.25) is 0 Å². The van der Waals surface area contributed by atoms with E-state index in [1.54, 1.807) is 13.0 Å². The maximum atomic E-state index is 11.7. The molecule has 1 aromatic carbocycles. The molecule has 0 aliphatic carbocycles. The van der Waals surface area contributed by atoms with E-state index in [1.807, 2.05) is 45.0 Å². The molecule has 3 N–H and O–H groups in total. The van der Waals surface area contributed by atoms with E-state index in [1.165, 1.54) is 0 Å². The van der Waals surface area contributed by atoms with Crippen LogP contribution in [0.3, 0.4) is 0 Å². The summed E-state index contributed by atoms with van der Waals surface area (Å²) >= 11 is 0. The number of hydrogen-bond donors (Lipinski definition) is 2. The van der Waals surface area contributed by atoms with Gasteiger partial charge in [-0.25, -0.2) is 4.79 Å². The first-order chi connectivity index (χ1) is 8.93. The SMILES string of the molecule is C/C=C\C(C)=NC(=O)NC(C)c1ccc(C)c(N)c1. The average Bonchev–Trinajstić information content (AvgIpc) is 2.32. The van der Waals surface area contributed by atoms with E-state index >= 15 is 0 Å². The molecule has 0 bridgehead atoms. The fourth-order valence-electron chi connectivity index (χ4n) is 1.67. The van der Waals surface area contributed by atoms with Crippen molar-refractivity contribution in [2.45, 2.75) is 33.7 Å². The summed E-state index contributed by atoms with van der Waals surface area (Å²) in [5, 5.41) is 2.82. The molecule has 0 aliphatic heterocycles. The molecule has 1 rings (SSSR count). The van der Waals surface area contributed by atoms with Gasteiger partial charge in [-0.3, -0.25) is 0 Å². The van der Waals surface area contributed by atoms with Crippen molar-refractivity contribution in [3.63, 3.8) is 0 Å². The second kappa shape index (κ2) is 6.73. The van der Waals surface area contributed by atoms with Crippen LogP contribution in [0.1, 0.15) is 37.9 Å². The number of nitrogens with one attached hydrogen (secondary N) is 1. The third-order valence-electron chi connectivity index (χ3n) is 2.83. The number of allylic oxidation sites excluding steroid dienone is 2. The van der Waals surface area contributed by atoms with Crippen LogP contribution in [0.5, 0.6) is 0 Å². The molecule has 4 heteroatoms. The van der Waals surface area contributed by atoms with Gasteiger partial charge in [-0.2, -0.15) is 4.99 Å². The minimum absolute atomic E-state index is 0.127. The summed E-state index contributed by atoms with van der Waals surface area (Å²) in [5.74, 6) is 0. The van der Waals surface area contributed by atoms with Gasteiger partial charge in [0.05, 0.1) is 6.04 Å². The van der Waals surface area contributed by atoms with Crippen LogP contribution in [0, 0.1) is 6.92 Å². The van der Waals surface area contributed by atoms with Gasteiger partial charge in [0.1, 0.15) is 0 Å². The van der Waals surface area contributed by atoms with Gasteiger partial charge in [0.15, 0.2) is 0 Å². The van der Waals surface area contributed by atoms with E-state index in [9.17, 15) is 4.79 Å². The number of amides is 2. The van der Waals surface area contributed by atoms with Crippen LogP contribution < -0.4 is 11.1 Å². The number of anilines is 1. The molecule has 0 saturated carbocycles. The maximum absolute atomic E-state index is 11.7. The second-order valence-electron chi connectivity index (χ2n) is 4.54. The van der Waals surface area contributed by atoms with E-state index in [4.69, 9.17) is 5.73 Å². The molecule has 0 saturated heterocycles. The lowest BCUT2D eigenvalue weighted by Gasteiger charge is -2.14. The summed E-state index contributed by atoms with van der Waals surface area (Å²) in [6, 6.07) is 5.31. The first-order valence-electron chi connectivity index (χ1n) is 6.28. The number of urea groups is 1. The van der Waals surface area contributed by atoms with E-state index in [-0.39, 0.29) is 12.1 Å². The molecule has 1 aromatic rings. The molecule has 0 heterocycles. The van der Waals surface area contributed by atoms with Crippen molar-refractivity contribution >= 4 is 17.4 Å². The van der Waals surface area contributed by atoms with Crippen molar-refractivity contribution in [1.82, 2.24) is 5.32 Å². The average molecular weight is 259 g/mol. The lowest BCUT2D eigenvalue weighted by molar-refractivity contribution is 0.246. The van der Waals surface area contributed by atoms with Gasteiger partial charge in [-0.05, 0) is 51.0 Å². The predicted molar refractivity (Wildman–Crippen MR) is 80.5 cm³/mol. The summed E-state index contributed by atoms with van der Waals surface area (Å²) < 4.78 is 0. The summed E-state index contributed by atoms with van der Waals surface area (Å²) in [6.45, 7) is 7.53. The molecule has 1 atom stereocenters. The smallest absolute Gasteiger partial charge is 0.341 e. The van der Waals surface area contributed by atoms with Crippen LogP contribution >= 0.6 is 0 Å². The maximum Gasteiger partial charge on any atom is 0.341 e. The lowest BCUT2D eigenvalue weighted by atomic mass is 10.1. The monoisotopic (exact) mass is 259 g/mol. The number of rotatable bonds is 3. The van der Waals surface area contributed by atoms with Crippen molar-refractivity contribution in [1.29, 1.82) is 0 Å². The molecule has 0 aromatic heterocycles. The molecule has 102 valence electrons. The van der Waals surface area contributed by atoms with Gasteiger partial charge in [0.25, 0.3) is 0 Å². The highest BCUT2D eigenvalue weighted by Gasteiger charge is 2.09. The first kappa shape index (κ1) is 15.0. The molecule has 0 radical (unpaired) electrons. The number of carbonyl (C=O) groups is 1. The third-order valence-corrected chi connectivity index (χ3v) is 2.83. The zero-order chi connectivity index (χ0) is 14.4. The van der Waals surface area contributed by atoms with Crippen LogP contribution in [0.15, 0.2) is 35.3 Å². The highest BCUT2D eigenvalue weighted by atomic mass is 16.2. The lowest BCUT2D eigenvalue weighted by Crippen LogP contribution is -2.24. The molecule has 2 amide bonds. The highest BCUT2D eigenvalue weighted by Crippen LogP contribution is 2.18. The van der Waals surface area contributed by atoms with Gasteiger partial charge < -0.3 is 11.1 Å². The molecule has 4 nitrogen and oxygen atoms in total. The highest BCUT2D eigenvalue weighted by molar-refractivity contribution is 6.00. The van der Waals surface area contributed by atoms with Crippen molar-refractivity contribution in [2.24, 2.45) is 4.99 Å². The Morgan fingerprint density at radius 1 is 1.47 bits per heavy atom. The van der Waals surface area contributed by atoms with Gasteiger partial charge >= 0.3 is 6.03 Å². The van der Waals surface area contributed by atoms with Crippen molar-refractivity contribution < 1.29 is 4.79 Å². The van der Waals surface area contributed by atoms with E-state index in [0.717, 1.165) is 16.8 Å². The first-order valence-corrected chi connectivity index (χ1v) is 6.28. The summed E-state index contributed by atoms with van der Waals surface area (Å²) in [5.41, 5.74) is 9.27. The van der Waals surface area contributed by atoms with Crippen molar-refractivity contribution in [2.75, 3.05) is 5.73 Å². The van der Waals surface area contributed by atoms with Crippen LogP contribution in [0.25, 0.3) is 0 Å². The van der Waals surface area contributed by atoms with Gasteiger partial charge in [-0.15, -0.1) is 0 Å². The fourth-order valence-corrected chi connectivity index (χ4v) is 1.67. The standard InChI is InChI=1S/C15H21N3O/c1-5-6-11(3)17-15(19)18-12(4)13-8-7-10(2)14(16)9-13/h5-9,12H,16H2,1-4H3,(H,18,19)/b6-5-,17-11?. The Morgan fingerprint density at radius 2 is 2.16 bits per heavy atom. The number of nitrogens with two attached hydrogens (primary N) is 1. The molecule has 0 aliphatic rings. The predicted octanol–water partition coefficient (Wildman–Crippen LogP) is 3.38. The second-order valence-corrected chi connectivity index (χ2v) is 4.54. The van der Waals surface area contributed by atoms with E-state index in [0.29, 0.717) is 5.71 Å². The Labute approximate surface area is 114 Å². The van der Waals surface area contributed by atoms with Crippen LogP contribution in [-0.4, -0.2) is 11.7 Å². The number of aliphatic imine (C=N–C) groups is 1. The number of nitrogens with zero attached hydrogens (tertiary/aromatic N) is 1. The number of hydrogen-bond acceptors (Lipinski definition) is 2. The Bertz CT molecular complexity index is 518. The largest absolute Gasteiger partial charge is 0.399 e. The summed E-state index contributed by atoms with van der Waals surface area (Å²) in [6.07, 6.45) is 3.63. The molecule has 19 heavy (non-hydrogen) atoms.